The molecule has 2 aromatic carbocycles. The highest BCUT2D eigenvalue weighted by Crippen LogP contribution is 2.26. The van der Waals surface area contributed by atoms with E-state index < -0.39 is 5.91 Å². The molecule has 156 valence electrons. The molecule has 0 aliphatic rings. The maximum absolute atomic E-state index is 12.5. The van der Waals surface area contributed by atoms with Gasteiger partial charge in [0.1, 0.15) is 17.2 Å². The summed E-state index contributed by atoms with van der Waals surface area (Å²) in [5.41, 5.74) is 7.44. The van der Waals surface area contributed by atoms with E-state index in [9.17, 15) is 4.79 Å². The minimum atomic E-state index is -0.458. The number of hydrazone groups is 1. The van der Waals surface area contributed by atoms with E-state index in [1.54, 1.807) is 25.0 Å². The van der Waals surface area contributed by atoms with Crippen LogP contribution in [0, 0.1) is 0 Å². The Morgan fingerprint density at radius 3 is 2.81 bits per heavy atom. The van der Waals surface area contributed by atoms with Crippen LogP contribution in [-0.4, -0.2) is 40.8 Å². The number of thiazole rings is 1. The third-order valence-electron chi connectivity index (χ3n) is 4.37. The summed E-state index contributed by atoms with van der Waals surface area (Å²) < 4.78 is 11.7. The molecule has 9 heteroatoms. The average molecular weight is 433 g/mol. The van der Waals surface area contributed by atoms with Crippen LogP contribution < -0.4 is 14.9 Å². The lowest BCUT2D eigenvalue weighted by Gasteiger charge is -2.06. The van der Waals surface area contributed by atoms with E-state index in [1.807, 2.05) is 43.3 Å². The van der Waals surface area contributed by atoms with Crippen LogP contribution >= 0.6 is 11.3 Å². The monoisotopic (exact) mass is 433 g/mol. The molecule has 1 N–H and O–H groups in total. The molecular weight excluding hydrogens is 414 g/mol. The van der Waals surface area contributed by atoms with Gasteiger partial charge < -0.3 is 9.47 Å². The molecule has 0 radical (unpaired) electrons. The number of benzene rings is 2. The van der Waals surface area contributed by atoms with Crippen molar-refractivity contribution in [2.24, 2.45) is 5.10 Å². The third-order valence-corrected chi connectivity index (χ3v) is 5.26. The van der Waals surface area contributed by atoms with Gasteiger partial charge in [-0.25, -0.2) is 15.4 Å². The molecule has 0 fully saturated rings. The van der Waals surface area contributed by atoms with Gasteiger partial charge in [-0.2, -0.15) is 5.10 Å². The number of hydrogen-bond acceptors (Lipinski definition) is 8. The highest BCUT2D eigenvalue weighted by molar-refractivity contribution is 7.17. The molecule has 4 rings (SSSR count). The average Bonchev–Trinajstić information content (AvgIpc) is 3.28. The Kier molecular flexibility index (Phi) is 6.13. The molecule has 8 nitrogen and oxygen atoms in total. The fourth-order valence-electron chi connectivity index (χ4n) is 2.90. The first kappa shape index (κ1) is 20.4. The van der Waals surface area contributed by atoms with Gasteiger partial charge in [0.25, 0.3) is 5.91 Å². The summed E-state index contributed by atoms with van der Waals surface area (Å²) in [5, 5.41) is 4.07. The molecule has 31 heavy (non-hydrogen) atoms. The Morgan fingerprint density at radius 1 is 1.19 bits per heavy atom. The zero-order chi connectivity index (χ0) is 21.6. The molecule has 2 aromatic heterocycles. The van der Waals surface area contributed by atoms with Crippen molar-refractivity contribution in [3.63, 3.8) is 0 Å². The van der Waals surface area contributed by atoms with Crippen molar-refractivity contribution in [2.75, 3.05) is 13.7 Å². The van der Waals surface area contributed by atoms with Crippen LogP contribution in [0.4, 0.5) is 0 Å². The lowest BCUT2D eigenvalue weighted by atomic mass is 10.1. The second-order valence-corrected chi connectivity index (χ2v) is 7.22. The van der Waals surface area contributed by atoms with Crippen molar-refractivity contribution < 1.29 is 14.3 Å². The quantitative estimate of drug-likeness (QED) is 0.350. The maximum Gasteiger partial charge on any atom is 0.291 e. The number of methoxy groups -OCH3 is 1. The standard InChI is InChI=1S/C22H19N5O3S/c1-3-30-16-6-4-14(5-7-16)19-11-23-12-20(26-19)22(28)27-25-10-15-8-17(29-2)9-18-21(15)31-13-24-18/h4-13H,3H2,1-2H3,(H,27,28)/b25-10+. The van der Waals surface area contributed by atoms with Gasteiger partial charge in [0.05, 0.1) is 53.7 Å². The number of hydrogen-bond donors (Lipinski definition) is 1. The molecule has 0 aliphatic heterocycles. The van der Waals surface area contributed by atoms with Crippen LogP contribution in [0.15, 0.2) is 59.4 Å². The number of carbonyl (C=O) groups excluding carboxylic acids is 1. The van der Waals surface area contributed by atoms with Crippen LogP contribution in [0.2, 0.25) is 0 Å². The summed E-state index contributed by atoms with van der Waals surface area (Å²) in [6, 6.07) is 11.1. The fourth-order valence-corrected chi connectivity index (χ4v) is 3.66. The lowest BCUT2D eigenvalue weighted by molar-refractivity contribution is 0.0950. The van der Waals surface area contributed by atoms with Gasteiger partial charge in [-0.05, 0) is 37.3 Å². The lowest BCUT2D eigenvalue weighted by Crippen LogP contribution is -2.19. The largest absolute Gasteiger partial charge is 0.497 e. The first-order valence-corrected chi connectivity index (χ1v) is 10.4. The van der Waals surface area contributed by atoms with Crippen molar-refractivity contribution in [2.45, 2.75) is 6.92 Å². The number of amides is 1. The summed E-state index contributed by atoms with van der Waals surface area (Å²) in [4.78, 5) is 25.3. The second kappa shape index (κ2) is 9.31. The Morgan fingerprint density at radius 2 is 2.03 bits per heavy atom. The van der Waals surface area contributed by atoms with Crippen molar-refractivity contribution in [3.8, 4) is 22.8 Å². The summed E-state index contributed by atoms with van der Waals surface area (Å²) in [5.74, 6) is 0.982. The van der Waals surface area contributed by atoms with E-state index in [2.05, 4.69) is 25.5 Å². The van der Waals surface area contributed by atoms with Gasteiger partial charge >= 0.3 is 0 Å². The third kappa shape index (κ3) is 4.67. The van der Waals surface area contributed by atoms with E-state index in [1.165, 1.54) is 17.5 Å². The second-order valence-electron chi connectivity index (χ2n) is 6.36. The fraction of sp³-hybridized carbons (Fsp3) is 0.136. The number of nitrogens with zero attached hydrogens (tertiary/aromatic N) is 4. The number of rotatable bonds is 7. The Hall–Kier alpha value is -3.85. The van der Waals surface area contributed by atoms with Crippen LogP contribution in [0.25, 0.3) is 21.5 Å². The summed E-state index contributed by atoms with van der Waals surface area (Å²) in [6.07, 6.45) is 4.56. The number of nitrogens with one attached hydrogen (secondary N) is 1. The minimum absolute atomic E-state index is 0.164. The van der Waals surface area contributed by atoms with Crippen molar-refractivity contribution in [1.82, 2.24) is 20.4 Å². The first-order valence-electron chi connectivity index (χ1n) is 9.48. The van der Waals surface area contributed by atoms with E-state index in [-0.39, 0.29) is 5.69 Å². The Bertz CT molecular complexity index is 1240. The molecule has 0 aliphatic carbocycles. The minimum Gasteiger partial charge on any atom is -0.497 e. The SMILES string of the molecule is CCOc1ccc(-c2cncc(C(=O)N/N=C/c3cc(OC)cc4ncsc34)n2)cc1. The summed E-state index contributed by atoms with van der Waals surface area (Å²) in [6.45, 7) is 2.53. The molecule has 2 heterocycles. The normalized spacial score (nSPS) is 11.0. The van der Waals surface area contributed by atoms with E-state index >= 15 is 0 Å². The smallest absolute Gasteiger partial charge is 0.291 e. The predicted octanol–water partition coefficient (Wildman–Crippen LogP) is 3.92. The van der Waals surface area contributed by atoms with Crippen LogP contribution in [0.1, 0.15) is 23.0 Å². The van der Waals surface area contributed by atoms with Gasteiger partial charge in [0, 0.05) is 17.2 Å². The number of carbonyl (C=O) groups is 1. The highest BCUT2D eigenvalue weighted by Gasteiger charge is 2.10. The van der Waals surface area contributed by atoms with Crippen molar-refractivity contribution in [1.29, 1.82) is 0 Å². The Labute approximate surface area is 182 Å². The molecule has 0 spiro atoms. The number of ether oxygens (including phenoxy) is 2. The van der Waals surface area contributed by atoms with E-state index in [4.69, 9.17) is 9.47 Å². The molecule has 1 amide bonds. The van der Waals surface area contributed by atoms with Gasteiger partial charge in [-0.3, -0.25) is 9.78 Å². The van der Waals surface area contributed by atoms with Crippen LogP contribution in [0.5, 0.6) is 11.5 Å². The van der Waals surface area contributed by atoms with Crippen LogP contribution in [-0.2, 0) is 0 Å². The zero-order valence-corrected chi connectivity index (χ0v) is 17.7. The van der Waals surface area contributed by atoms with Crippen molar-refractivity contribution >= 4 is 33.7 Å². The van der Waals surface area contributed by atoms with E-state index in [0.717, 1.165) is 27.1 Å². The number of fused-ring (bicyclic) bond motifs is 1. The maximum atomic E-state index is 12.5. The van der Waals surface area contributed by atoms with Gasteiger partial charge in [0.15, 0.2) is 0 Å². The van der Waals surface area contributed by atoms with Gasteiger partial charge in [-0.15, -0.1) is 11.3 Å². The topological polar surface area (TPSA) is 98.6 Å². The first-order chi connectivity index (χ1) is 15.2. The zero-order valence-electron chi connectivity index (χ0n) is 16.9. The van der Waals surface area contributed by atoms with Gasteiger partial charge in [0.2, 0.25) is 0 Å². The molecule has 0 saturated carbocycles. The summed E-state index contributed by atoms with van der Waals surface area (Å²) in [7, 11) is 1.59. The molecule has 4 aromatic rings. The van der Waals surface area contributed by atoms with Gasteiger partial charge in [-0.1, -0.05) is 0 Å². The molecule has 0 saturated heterocycles. The molecule has 0 bridgehead atoms. The van der Waals surface area contributed by atoms with Crippen LogP contribution in [0.3, 0.4) is 0 Å². The predicted molar refractivity (Wildman–Crippen MR) is 120 cm³/mol. The summed E-state index contributed by atoms with van der Waals surface area (Å²) >= 11 is 1.49. The van der Waals surface area contributed by atoms with E-state index in [0.29, 0.717) is 18.1 Å². The molecular formula is C22H19N5O3S. The number of aromatic nitrogens is 3. The Balaban J connectivity index is 1.49. The highest BCUT2D eigenvalue weighted by atomic mass is 32.1. The van der Waals surface area contributed by atoms with Crippen molar-refractivity contribution in [3.05, 3.63) is 65.6 Å². The molecule has 0 atom stereocenters. The molecule has 0 unspecified atom stereocenters.